The molecule has 0 heterocycles. The first kappa shape index (κ1) is 12.1. The van der Waals surface area contributed by atoms with E-state index in [1.807, 2.05) is 18.2 Å². The fraction of sp³-hybridized carbons (Fsp3) is 0.0714. The van der Waals surface area contributed by atoms with Gasteiger partial charge in [0.2, 0.25) is 0 Å². The Kier molecular flexibility index (Phi) is 3.56. The lowest BCUT2D eigenvalue weighted by molar-refractivity contribution is 0.230. The Balaban J connectivity index is 2.28. The van der Waals surface area contributed by atoms with Crippen LogP contribution in [0.5, 0.6) is 11.5 Å². The van der Waals surface area contributed by atoms with Crippen LogP contribution in [0, 0.1) is 17.1 Å². The molecule has 0 aromatic heterocycles. The molecule has 0 fully saturated rings. The van der Waals surface area contributed by atoms with Gasteiger partial charge in [-0.25, -0.2) is 4.39 Å². The first-order chi connectivity index (χ1) is 8.70. The highest BCUT2D eigenvalue weighted by Gasteiger charge is 2.13. The Labute approximate surface area is 104 Å². The molecule has 2 rings (SSSR count). The highest BCUT2D eigenvalue weighted by molar-refractivity contribution is 5.36. The predicted octanol–water partition coefficient (Wildman–Crippen LogP) is 3.17. The molecule has 1 unspecified atom stereocenters. The van der Waals surface area contributed by atoms with Crippen molar-refractivity contribution in [2.24, 2.45) is 0 Å². The summed E-state index contributed by atoms with van der Waals surface area (Å²) >= 11 is 0. The largest absolute Gasteiger partial charge is 0.457 e. The van der Waals surface area contributed by atoms with Crippen LogP contribution in [0.3, 0.4) is 0 Å². The van der Waals surface area contributed by atoms with E-state index in [0.717, 1.165) is 6.07 Å². The number of para-hydroxylation sites is 1. The van der Waals surface area contributed by atoms with Crippen molar-refractivity contribution in [1.29, 1.82) is 5.26 Å². The van der Waals surface area contributed by atoms with Crippen LogP contribution in [-0.4, -0.2) is 5.11 Å². The van der Waals surface area contributed by atoms with Crippen LogP contribution in [0.25, 0.3) is 0 Å². The maximum atomic E-state index is 13.4. The van der Waals surface area contributed by atoms with Gasteiger partial charge in [0, 0.05) is 5.56 Å². The van der Waals surface area contributed by atoms with E-state index >= 15 is 0 Å². The second kappa shape index (κ2) is 5.30. The number of aliphatic hydroxyl groups is 1. The summed E-state index contributed by atoms with van der Waals surface area (Å²) in [6, 6.07) is 14.5. The number of nitriles is 1. The molecule has 2 aromatic rings. The van der Waals surface area contributed by atoms with Crippen LogP contribution < -0.4 is 4.74 Å². The number of hydrogen-bond donors (Lipinski definition) is 1. The number of ether oxygens (including phenoxy) is 1. The number of benzene rings is 2. The van der Waals surface area contributed by atoms with Crippen LogP contribution in [0.2, 0.25) is 0 Å². The van der Waals surface area contributed by atoms with Crippen LogP contribution >= 0.6 is 0 Å². The molecule has 3 nitrogen and oxygen atoms in total. The Bertz CT molecular complexity index is 578. The maximum Gasteiger partial charge on any atom is 0.168 e. The number of halogens is 1. The average Bonchev–Trinajstić information content (AvgIpc) is 2.41. The zero-order valence-electron chi connectivity index (χ0n) is 9.38. The van der Waals surface area contributed by atoms with Gasteiger partial charge in [0.05, 0.1) is 6.07 Å². The van der Waals surface area contributed by atoms with Crippen LogP contribution in [0.1, 0.15) is 11.7 Å². The van der Waals surface area contributed by atoms with Crippen LogP contribution in [0.4, 0.5) is 4.39 Å². The average molecular weight is 243 g/mol. The number of rotatable bonds is 3. The Morgan fingerprint density at radius 2 is 1.83 bits per heavy atom. The van der Waals surface area contributed by atoms with E-state index in [2.05, 4.69) is 0 Å². The van der Waals surface area contributed by atoms with Gasteiger partial charge in [-0.15, -0.1) is 0 Å². The lowest BCUT2D eigenvalue weighted by Crippen LogP contribution is -1.98. The topological polar surface area (TPSA) is 53.2 Å². The first-order valence-corrected chi connectivity index (χ1v) is 5.31. The van der Waals surface area contributed by atoms with E-state index in [0.29, 0.717) is 11.5 Å². The minimum absolute atomic E-state index is 0.0917. The van der Waals surface area contributed by atoms with E-state index in [9.17, 15) is 9.50 Å². The maximum absolute atomic E-state index is 13.4. The molecule has 1 N–H and O–H groups in total. The van der Waals surface area contributed by atoms with Crippen LogP contribution in [0.15, 0.2) is 48.5 Å². The summed E-state index contributed by atoms with van der Waals surface area (Å²) in [5.74, 6) is 0.331. The molecule has 90 valence electrons. The van der Waals surface area contributed by atoms with Crippen molar-refractivity contribution in [1.82, 2.24) is 0 Å². The molecule has 0 bridgehead atoms. The molecular weight excluding hydrogens is 233 g/mol. The number of hydrogen-bond acceptors (Lipinski definition) is 3. The SMILES string of the molecule is N#CC(O)c1cc(Oc2ccccc2)ccc1F. The van der Waals surface area contributed by atoms with Gasteiger partial charge in [0.15, 0.2) is 6.10 Å². The zero-order valence-corrected chi connectivity index (χ0v) is 9.38. The van der Waals surface area contributed by atoms with Crippen molar-refractivity contribution in [2.75, 3.05) is 0 Å². The highest BCUT2D eigenvalue weighted by atomic mass is 19.1. The third-order valence-corrected chi connectivity index (χ3v) is 2.36. The summed E-state index contributed by atoms with van der Waals surface area (Å²) < 4.78 is 18.9. The minimum atomic E-state index is -1.50. The fourth-order valence-electron chi connectivity index (χ4n) is 1.49. The molecule has 0 spiro atoms. The molecule has 0 aliphatic heterocycles. The molecule has 2 aromatic carbocycles. The van der Waals surface area contributed by atoms with Gasteiger partial charge in [0.25, 0.3) is 0 Å². The predicted molar refractivity (Wildman–Crippen MR) is 63.5 cm³/mol. The normalized spacial score (nSPS) is 11.6. The number of nitrogens with zero attached hydrogens (tertiary/aromatic N) is 1. The summed E-state index contributed by atoms with van der Waals surface area (Å²) in [4.78, 5) is 0. The van der Waals surface area contributed by atoms with Gasteiger partial charge in [-0.05, 0) is 30.3 Å². The van der Waals surface area contributed by atoms with Gasteiger partial charge in [-0.3, -0.25) is 0 Å². The molecule has 0 saturated heterocycles. The third-order valence-electron chi connectivity index (χ3n) is 2.36. The molecule has 0 amide bonds. The standard InChI is InChI=1S/C14H10FNO2/c15-13-7-6-11(8-12(13)14(17)9-16)18-10-4-2-1-3-5-10/h1-8,14,17H. The van der Waals surface area contributed by atoms with Gasteiger partial charge < -0.3 is 9.84 Å². The molecule has 0 aliphatic carbocycles. The summed E-state index contributed by atoms with van der Waals surface area (Å²) in [7, 11) is 0. The fourth-order valence-corrected chi connectivity index (χ4v) is 1.49. The van der Waals surface area contributed by atoms with E-state index in [1.165, 1.54) is 12.1 Å². The van der Waals surface area contributed by atoms with E-state index in [4.69, 9.17) is 10.00 Å². The van der Waals surface area contributed by atoms with Gasteiger partial charge >= 0.3 is 0 Å². The number of aliphatic hydroxyl groups excluding tert-OH is 1. The lowest BCUT2D eigenvalue weighted by Gasteiger charge is -2.09. The van der Waals surface area contributed by atoms with Crippen molar-refractivity contribution >= 4 is 0 Å². The molecule has 4 heteroatoms. The van der Waals surface area contributed by atoms with Gasteiger partial charge in [-0.1, -0.05) is 18.2 Å². The molecule has 0 radical (unpaired) electrons. The quantitative estimate of drug-likeness (QED) is 0.842. The summed E-state index contributed by atoms with van der Waals surface area (Å²) in [5, 5.41) is 17.9. The Morgan fingerprint density at radius 1 is 1.11 bits per heavy atom. The molecule has 1 atom stereocenters. The summed E-state index contributed by atoms with van der Waals surface area (Å²) in [6.45, 7) is 0. The molecular formula is C14H10FNO2. The van der Waals surface area contributed by atoms with Crippen molar-refractivity contribution in [3.63, 3.8) is 0 Å². The van der Waals surface area contributed by atoms with E-state index < -0.39 is 11.9 Å². The summed E-state index contributed by atoms with van der Waals surface area (Å²) in [6.07, 6.45) is -1.50. The highest BCUT2D eigenvalue weighted by Crippen LogP contribution is 2.26. The third kappa shape index (κ3) is 2.65. The smallest absolute Gasteiger partial charge is 0.168 e. The Hall–Kier alpha value is -2.38. The zero-order chi connectivity index (χ0) is 13.0. The lowest BCUT2D eigenvalue weighted by atomic mass is 10.1. The molecule has 18 heavy (non-hydrogen) atoms. The molecule has 0 saturated carbocycles. The molecule has 0 aliphatic rings. The van der Waals surface area contributed by atoms with Crippen molar-refractivity contribution < 1.29 is 14.2 Å². The van der Waals surface area contributed by atoms with Gasteiger partial charge in [-0.2, -0.15) is 5.26 Å². The van der Waals surface area contributed by atoms with Crippen LogP contribution in [-0.2, 0) is 0 Å². The second-order valence-corrected chi connectivity index (χ2v) is 3.63. The Morgan fingerprint density at radius 3 is 2.50 bits per heavy atom. The second-order valence-electron chi connectivity index (χ2n) is 3.63. The monoisotopic (exact) mass is 243 g/mol. The minimum Gasteiger partial charge on any atom is -0.457 e. The van der Waals surface area contributed by atoms with Gasteiger partial charge in [0.1, 0.15) is 17.3 Å². The first-order valence-electron chi connectivity index (χ1n) is 5.31. The van der Waals surface area contributed by atoms with E-state index in [-0.39, 0.29) is 5.56 Å². The van der Waals surface area contributed by atoms with Crippen molar-refractivity contribution in [2.45, 2.75) is 6.10 Å². The van der Waals surface area contributed by atoms with Crippen molar-refractivity contribution in [3.8, 4) is 17.6 Å². The summed E-state index contributed by atoms with van der Waals surface area (Å²) in [5.41, 5.74) is -0.0917. The van der Waals surface area contributed by atoms with Crippen molar-refractivity contribution in [3.05, 3.63) is 59.9 Å². The van der Waals surface area contributed by atoms with E-state index in [1.54, 1.807) is 18.2 Å².